The number of aliphatic carboxylic acids is 2. The Labute approximate surface area is 239 Å². The van der Waals surface area contributed by atoms with Gasteiger partial charge in [-0.2, -0.15) is 25.3 Å². The molecule has 0 spiro atoms. The first-order valence-electron chi connectivity index (χ1n) is 14.1. The van der Waals surface area contributed by atoms with Gasteiger partial charge in [-0.15, -0.1) is 0 Å². The predicted octanol–water partition coefficient (Wildman–Crippen LogP) is 6.70. The average Bonchev–Trinajstić information content (AvgIpc) is 2.82. The van der Waals surface area contributed by atoms with E-state index in [4.69, 9.17) is 0 Å². The van der Waals surface area contributed by atoms with Crippen LogP contribution in [0.3, 0.4) is 0 Å². The van der Waals surface area contributed by atoms with Gasteiger partial charge in [0.15, 0.2) is 0 Å². The number of rotatable bonds is 22. The summed E-state index contributed by atoms with van der Waals surface area (Å²) in [6.45, 7) is 4.45. The molecule has 0 aromatic carbocycles. The number of carbonyl (C=O) groups excluding carboxylic acids is 2. The summed E-state index contributed by atoms with van der Waals surface area (Å²) in [4.78, 5) is 25.3. The Kier molecular flexibility index (Phi) is 39.3. The van der Waals surface area contributed by atoms with Gasteiger partial charge < -0.3 is 19.8 Å². The Balaban J connectivity index is -0.000000525. The zero-order chi connectivity index (χ0) is 27.2. The first kappa shape index (κ1) is 39.9. The Bertz CT molecular complexity index is 401. The molecule has 0 radical (unpaired) electrons. The molecule has 208 valence electrons. The molecule has 4 nitrogen and oxygen atoms in total. The van der Waals surface area contributed by atoms with Gasteiger partial charge in [-0.05, 0) is 12.8 Å². The quantitative estimate of drug-likeness (QED) is 0.0786. The van der Waals surface area contributed by atoms with Gasteiger partial charge in [0, 0.05) is 10.5 Å². The van der Waals surface area contributed by atoms with Crippen molar-refractivity contribution >= 4 is 58.3 Å². The van der Waals surface area contributed by atoms with Crippen molar-refractivity contribution in [3.05, 3.63) is 0 Å². The molecule has 7 heteroatoms. The van der Waals surface area contributed by atoms with Crippen LogP contribution in [0.15, 0.2) is 0 Å². The van der Waals surface area contributed by atoms with Crippen molar-refractivity contribution in [1.82, 2.24) is 0 Å². The standard InChI is InChI=1S/2C13H26O2S.2CH3.Sn/c2*1-2-3-4-5-6-7-8-9-10-11-12(16)13(14)15;;;/h2*12,16H,2-11H2,1H3,(H,14,15);2*1H3;/q;;;;+2/p-2. The third kappa shape index (κ3) is 39.1. The second kappa shape index (κ2) is 34.4. The topological polar surface area (TPSA) is 80.3 Å². The number of hydrogen-bond donors (Lipinski definition) is 2. The van der Waals surface area contributed by atoms with Crippen LogP contribution in [0, 0.1) is 0 Å². The third-order valence-electron chi connectivity index (χ3n) is 5.71. The van der Waals surface area contributed by atoms with E-state index in [-0.39, 0.29) is 21.1 Å². The maximum absolute atomic E-state index is 10.4. The Hall–Kier alpha value is 0.439. The second-order valence-corrected chi connectivity index (χ2v) is 13.5. The predicted molar refractivity (Wildman–Crippen MR) is 157 cm³/mol. The molecule has 35 heavy (non-hydrogen) atoms. The molecule has 0 aliphatic heterocycles. The van der Waals surface area contributed by atoms with Gasteiger partial charge in [-0.1, -0.05) is 129 Å². The van der Waals surface area contributed by atoms with Crippen molar-refractivity contribution in [1.29, 1.82) is 0 Å². The summed E-state index contributed by atoms with van der Waals surface area (Å²) in [5.74, 6) is -2.08. The van der Waals surface area contributed by atoms with Crippen LogP contribution in [0.4, 0.5) is 0 Å². The number of carbonyl (C=O) groups is 2. The van der Waals surface area contributed by atoms with Crippen LogP contribution in [-0.2, 0) is 9.59 Å². The van der Waals surface area contributed by atoms with E-state index in [9.17, 15) is 19.8 Å². The molecule has 0 aliphatic carbocycles. The van der Waals surface area contributed by atoms with Crippen LogP contribution < -0.4 is 10.2 Å². The fourth-order valence-corrected chi connectivity index (χ4v) is 3.90. The van der Waals surface area contributed by atoms with E-state index in [0.29, 0.717) is 12.8 Å². The molecule has 0 saturated carbocycles. The van der Waals surface area contributed by atoms with Crippen LogP contribution in [-0.4, -0.2) is 43.6 Å². The Morgan fingerprint density at radius 1 is 0.543 bits per heavy atom. The van der Waals surface area contributed by atoms with Crippen LogP contribution in [0.2, 0.25) is 9.88 Å². The monoisotopic (exact) mass is 640 g/mol. The summed E-state index contributed by atoms with van der Waals surface area (Å²) in [6, 6.07) is 0. The third-order valence-corrected chi connectivity index (χ3v) is 6.64. The van der Waals surface area contributed by atoms with Crippen molar-refractivity contribution in [2.45, 2.75) is 163 Å². The van der Waals surface area contributed by atoms with Crippen LogP contribution in [0.1, 0.15) is 142 Å². The van der Waals surface area contributed by atoms with Crippen molar-refractivity contribution in [3.8, 4) is 0 Å². The molecule has 0 amide bonds. The zero-order valence-corrected chi connectivity index (χ0v) is 28.0. The summed E-state index contributed by atoms with van der Waals surface area (Å²) in [5.41, 5.74) is 0. The molecule has 2 unspecified atom stereocenters. The van der Waals surface area contributed by atoms with E-state index in [0.717, 1.165) is 25.7 Å². The first-order valence-corrected chi connectivity index (χ1v) is 20.9. The first-order chi connectivity index (χ1) is 16.8. The number of carboxylic acid groups (broad SMARTS) is 2. The van der Waals surface area contributed by atoms with Gasteiger partial charge in [-0.25, -0.2) is 0 Å². The SMILES string of the molecule is CCCCCCCCCCCC(S)C(=O)[O-].CCCCCCCCCCCC(S)C(=O)[O-].[CH3][Sn+2][CH3]. The zero-order valence-electron chi connectivity index (χ0n) is 23.3. The molecule has 0 aromatic heterocycles. The van der Waals surface area contributed by atoms with E-state index >= 15 is 0 Å². The van der Waals surface area contributed by atoms with Gasteiger partial charge in [0.2, 0.25) is 0 Å². The molecule has 0 fully saturated rings. The number of carboxylic acids is 2. The van der Waals surface area contributed by atoms with Crippen molar-refractivity contribution in [2.24, 2.45) is 0 Å². The van der Waals surface area contributed by atoms with E-state index in [1.165, 1.54) is 89.9 Å². The summed E-state index contributed by atoms with van der Waals surface area (Å²) < 4.78 is 0. The average molecular weight is 640 g/mol. The molecule has 0 rings (SSSR count). The molecule has 2 atom stereocenters. The van der Waals surface area contributed by atoms with Gasteiger partial charge in [0.1, 0.15) is 0 Å². The van der Waals surface area contributed by atoms with Crippen molar-refractivity contribution < 1.29 is 19.8 Å². The van der Waals surface area contributed by atoms with Crippen LogP contribution in [0.25, 0.3) is 0 Å². The van der Waals surface area contributed by atoms with Crippen LogP contribution >= 0.6 is 25.3 Å². The van der Waals surface area contributed by atoms with Gasteiger partial charge >= 0.3 is 31.0 Å². The molecule has 0 bridgehead atoms. The normalized spacial score (nSPS) is 11.8. The van der Waals surface area contributed by atoms with E-state index in [1.54, 1.807) is 0 Å². The van der Waals surface area contributed by atoms with Crippen molar-refractivity contribution in [2.75, 3.05) is 0 Å². The Morgan fingerprint density at radius 3 is 0.943 bits per heavy atom. The van der Waals surface area contributed by atoms with E-state index in [1.807, 2.05) is 0 Å². The maximum atomic E-state index is 10.4. The fourth-order valence-electron chi connectivity index (χ4n) is 3.53. The summed E-state index contributed by atoms with van der Waals surface area (Å²) in [5, 5.41) is 19.6. The summed E-state index contributed by atoms with van der Waals surface area (Å²) in [6.07, 6.45) is 23.8. The van der Waals surface area contributed by atoms with Crippen LogP contribution in [0.5, 0.6) is 0 Å². The Morgan fingerprint density at radius 2 is 0.743 bits per heavy atom. The molecule has 0 N–H and O–H groups in total. The fraction of sp³-hybridized carbons (Fsp3) is 0.929. The molecule has 0 saturated heterocycles. The van der Waals surface area contributed by atoms with E-state index < -0.39 is 22.4 Å². The van der Waals surface area contributed by atoms with Gasteiger partial charge in [-0.3, -0.25) is 0 Å². The number of hydrogen-bond acceptors (Lipinski definition) is 6. The molecular weight excluding hydrogens is 583 g/mol. The minimum atomic E-state index is -1.04. The van der Waals surface area contributed by atoms with Crippen molar-refractivity contribution in [3.63, 3.8) is 0 Å². The minimum absolute atomic E-state index is 0.230. The molecular formula is C28H56O4S2Sn. The van der Waals surface area contributed by atoms with Gasteiger partial charge in [0.25, 0.3) is 0 Å². The second-order valence-electron chi connectivity index (χ2n) is 9.40. The summed E-state index contributed by atoms with van der Waals surface area (Å²) >= 11 is 8.12. The number of thiol groups is 2. The van der Waals surface area contributed by atoms with E-state index in [2.05, 4.69) is 49.0 Å². The molecule has 0 heterocycles. The summed E-state index contributed by atoms with van der Waals surface area (Å²) in [7, 11) is 0. The van der Waals surface area contributed by atoms with Gasteiger partial charge in [0.05, 0.1) is 11.9 Å². The number of unbranched alkanes of at least 4 members (excludes halogenated alkanes) is 16. The molecule has 0 aliphatic rings. The molecule has 0 aromatic rings.